The zero-order valence-electron chi connectivity index (χ0n) is 23.2. The molecule has 42 heavy (non-hydrogen) atoms. The van der Waals surface area contributed by atoms with Crippen LogP contribution in [-0.4, -0.2) is 73.4 Å². The minimum Gasteiger partial charge on any atom is -0.337 e. The smallest absolute Gasteiger partial charge is 0.254 e. The predicted molar refractivity (Wildman–Crippen MR) is 153 cm³/mol. The van der Waals surface area contributed by atoms with Crippen LogP contribution in [0.1, 0.15) is 46.5 Å². The monoisotopic (exact) mass is 568 g/mol. The van der Waals surface area contributed by atoms with Gasteiger partial charge in [-0.25, -0.2) is 4.39 Å². The highest BCUT2D eigenvalue weighted by Gasteiger charge is 2.40. The normalized spacial score (nSPS) is 18.0. The minimum absolute atomic E-state index is 0.0986. The summed E-state index contributed by atoms with van der Waals surface area (Å²) < 4.78 is 16.3. The largest absolute Gasteiger partial charge is 0.337 e. The number of hydrogen-bond donors (Lipinski definition) is 1. The van der Waals surface area contributed by atoms with Crippen molar-refractivity contribution in [2.24, 2.45) is 0 Å². The van der Waals surface area contributed by atoms with E-state index >= 15 is 0 Å². The molecule has 6 rings (SSSR count). The Labute approximate surface area is 241 Å². The fourth-order valence-corrected chi connectivity index (χ4v) is 5.81. The van der Waals surface area contributed by atoms with E-state index in [0.717, 1.165) is 16.7 Å². The average Bonchev–Trinajstić information content (AvgIpc) is 3.66. The fraction of sp³-hybridized carbons (Fsp3) is 0.290. The third-order valence-electron chi connectivity index (χ3n) is 7.99. The van der Waals surface area contributed by atoms with Gasteiger partial charge in [-0.15, -0.1) is 0 Å². The lowest BCUT2D eigenvalue weighted by Crippen LogP contribution is -2.44. The number of rotatable bonds is 7. The van der Waals surface area contributed by atoms with Crippen LogP contribution in [0.5, 0.6) is 0 Å². The van der Waals surface area contributed by atoms with E-state index in [1.165, 1.54) is 11.8 Å². The van der Waals surface area contributed by atoms with E-state index in [9.17, 15) is 23.6 Å². The molecule has 3 amide bonds. The average molecular weight is 569 g/mol. The molecule has 2 aromatic carbocycles. The summed E-state index contributed by atoms with van der Waals surface area (Å²) in [4.78, 5) is 54.8. The van der Waals surface area contributed by atoms with Crippen LogP contribution in [0.25, 0.3) is 22.0 Å². The maximum Gasteiger partial charge on any atom is 0.254 e. The second-order valence-corrected chi connectivity index (χ2v) is 10.7. The van der Waals surface area contributed by atoms with Gasteiger partial charge in [-0.1, -0.05) is 12.1 Å². The number of nitrogens with zero attached hydrogens (tertiary/aromatic N) is 5. The highest BCUT2D eigenvalue weighted by atomic mass is 19.1. The van der Waals surface area contributed by atoms with Gasteiger partial charge >= 0.3 is 0 Å². The van der Waals surface area contributed by atoms with Gasteiger partial charge in [0.05, 0.1) is 18.9 Å². The number of hydrogen-bond acceptors (Lipinski definition) is 6. The molecule has 2 atom stereocenters. The van der Waals surface area contributed by atoms with Gasteiger partial charge in [-0.2, -0.15) is 10.2 Å². The second kappa shape index (κ2) is 10.8. The first-order chi connectivity index (χ1) is 20.2. The number of carbonyl (C=O) groups is 4. The molecule has 10 nitrogen and oxygen atoms in total. The molecular formula is C31H29FN6O4. The Morgan fingerprint density at radius 1 is 1.07 bits per heavy atom. The molecule has 4 heterocycles. The Morgan fingerprint density at radius 2 is 1.90 bits per heavy atom. The Balaban J connectivity index is 1.22. The lowest BCUT2D eigenvalue weighted by Gasteiger charge is -2.24. The molecule has 0 aliphatic carbocycles. The van der Waals surface area contributed by atoms with Crippen molar-refractivity contribution in [2.75, 3.05) is 18.4 Å². The number of likely N-dealkylation sites (tertiary alicyclic amines) is 1. The van der Waals surface area contributed by atoms with Crippen LogP contribution < -0.4 is 5.32 Å². The molecule has 2 aromatic heterocycles. The van der Waals surface area contributed by atoms with E-state index in [0.29, 0.717) is 40.8 Å². The Kier molecular flexibility index (Phi) is 7.01. The summed E-state index contributed by atoms with van der Waals surface area (Å²) in [6, 6.07) is 11.5. The molecule has 0 spiro atoms. The van der Waals surface area contributed by atoms with Crippen LogP contribution in [0.3, 0.4) is 0 Å². The van der Waals surface area contributed by atoms with Crippen LogP contribution in [0.15, 0.2) is 61.1 Å². The van der Waals surface area contributed by atoms with Gasteiger partial charge in [0.25, 0.3) is 5.91 Å². The summed E-state index contributed by atoms with van der Waals surface area (Å²) in [5.41, 5.74) is 4.63. The standard InChI is InChI=1S/C31H29FN6O4/c1-3-36-14-21-4-6-23(12-24(21)31(36)42)35-30(41)28-11-22(32)15-38(28)29(40)17-37-16-26(18(2)39)25-10-19(5-7-27(25)37)20-8-9-33-34-13-20/h4-10,12-13,16,22,28H,3,11,14-15,17H2,1-2H3,(H,35,41)/t22-,28?/m1/s1. The summed E-state index contributed by atoms with van der Waals surface area (Å²) in [6.45, 7) is 4.10. The SMILES string of the molecule is CCN1Cc2ccc(NC(=O)C3C[C@@H](F)CN3C(=O)Cn3cc(C(C)=O)c4cc(-c5ccnnc5)ccc43)cc2C1=O. The van der Waals surface area contributed by atoms with Crippen molar-refractivity contribution in [3.8, 4) is 11.1 Å². The summed E-state index contributed by atoms with van der Waals surface area (Å²) in [5.74, 6) is -1.21. The number of benzene rings is 2. The number of anilines is 1. The van der Waals surface area contributed by atoms with Gasteiger partial charge in [-0.05, 0) is 55.3 Å². The van der Waals surface area contributed by atoms with Crippen LogP contribution in [0, 0.1) is 0 Å². The van der Waals surface area contributed by atoms with Crippen LogP contribution in [0.4, 0.5) is 10.1 Å². The van der Waals surface area contributed by atoms with Crippen molar-refractivity contribution in [2.45, 2.75) is 45.6 Å². The molecule has 0 bridgehead atoms. The quantitative estimate of drug-likeness (QED) is 0.339. The molecule has 2 aliphatic heterocycles. The molecule has 0 saturated carbocycles. The van der Waals surface area contributed by atoms with E-state index in [2.05, 4.69) is 15.5 Å². The lowest BCUT2D eigenvalue weighted by atomic mass is 10.0. The maximum absolute atomic E-state index is 14.6. The number of fused-ring (bicyclic) bond motifs is 2. The Hall–Kier alpha value is -4.93. The first-order valence-electron chi connectivity index (χ1n) is 13.8. The van der Waals surface area contributed by atoms with Gasteiger partial charge < -0.3 is 19.7 Å². The number of carbonyl (C=O) groups excluding carboxylic acids is 4. The fourth-order valence-electron chi connectivity index (χ4n) is 5.81. The van der Waals surface area contributed by atoms with E-state index in [4.69, 9.17) is 0 Å². The van der Waals surface area contributed by atoms with Gasteiger partial charge in [0, 0.05) is 59.0 Å². The number of halogens is 1. The summed E-state index contributed by atoms with van der Waals surface area (Å²) in [6.07, 6.45) is 3.36. The molecule has 1 saturated heterocycles. The summed E-state index contributed by atoms with van der Waals surface area (Å²) in [5, 5.41) is 11.2. The topological polar surface area (TPSA) is 118 Å². The molecule has 1 unspecified atom stereocenters. The first-order valence-corrected chi connectivity index (χ1v) is 13.8. The van der Waals surface area contributed by atoms with Crippen molar-refractivity contribution in [1.82, 2.24) is 24.6 Å². The molecule has 4 aromatic rings. The highest BCUT2D eigenvalue weighted by Crippen LogP contribution is 2.30. The summed E-state index contributed by atoms with van der Waals surface area (Å²) in [7, 11) is 0. The van der Waals surface area contributed by atoms with Gasteiger partial charge in [-0.3, -0.25) is 19.2 Å². The van der Waals surface area contributed by atoms with Crippen molar-refractivity contribution < 1.29 is 23.6 Å². The Bertz CT molecular complexity index is 1740. The predicted octanol–water partition coefficient (Wildman–Crippen LogP) is 3.85. The number of alkyl halides is 1. The summed E-state index contributed by atoms with van der Waals surface area (Å²) >= 11 is 0. The van der Waals surface area contributed by atoms with Gasteiger partial charge in [0.1, 0.15) is 18.8 Å². The number of ketones is 1. The van der Waals surface area contributed by atoms with Gasteiger partial charge in [0.15, 0.2) is 5.78 Å². The van der Waals surface area contributed by atoms with Crippen LogP contribution in [0.2, 0.25) is 0 Å². The molecule has 2 aliphatic rings. The lowest BCUT2D eigenvalue weighted by molar-refractivity contribution is -0.137. The number of nitrogens with one attached hydrogen (secondary N) is 1. The van der Waals surface area contributed by atoms with Crippen molar-refractivity contribution in [3.05, 3.63) is 77.7 Å². The Morgan fingerprint density at radius 3 is 2.64 bits per heavy atom. The number of amides is 3. The van der Waals surface area contributed by atoms with Crippen LogP contribution in [-0.2, 0) is 22.7 Å². The van der Waals surface area contributed by atoms with Gasteiger partial charge in [0.2, 0.25) is 11.8 Å². The third-order valence-corrected chi connectivity index (χ3v) is 7.99. The number of Topliss-reactive ketones (excluding diaryl/α,β-unsaturated/α-hetero) is 1. The van der Waals surface area contributed by atoms with Crippen molar-refractivity contribution >= 4 is 40.1 Å². The van der Waals surface area contributed by atoms with E-state index in [1.54, 1.807) is 46.3 Å². The van der Waals surface area contributed by atoms with Crippen molar-refractivity contribution in [1.29, 1.82) is 0 Å². The molecule has 11 heteroatoms. The molecule has 1 N–H and O–H groups in total. The minimum atomic E-state index is -1.35. The zero-order valence-corrected chi connectivity index (χ0v) is 23.2. The number of aromatic nitrogens is 3. The molecular weight excluding hydrogens is 539 g/mol. The zero-order chi connectivity index (χ0) is 29.5. The van der Waals surface area contributed by atoms with E-state index in [-0.39, 0.29) is 31.2 Å². The molecule has 1 fully saturated rings. The van der Waals surface area contributed by atoms with E-state index in [1.807, 2.05) is 31.2 Å². The highest BCUT2D eigenvalue weighted by molar-refractivity contribution is 6.08. The van der Waals surface area contributed by atoms with E-state index < -0.39 is 24.0 Å². The molecule has 0 radical (unpaired) electrons. The first kappa shape index (κ1) is 27.3. The second-order valence-electron chi connectivity index (χ2n) is 10.7. The van der Waals surface area contributed by atoms with Crippen molar-refractivity contribution in [3.63, 3.8) is 0 Å². The third kappa shape index (κ3) is 4.91. The molecule has 214 valence electrons. The van der Waals surface area contributed by atoms with Crippen LogP contribution >= 0.6 is 0 Å². The maximum atomic E-state index is 14.6.